The summed E-state index contributed by atoms with van der Waals surface area (Å²) in [7, 11) is 0. The lowest BCUT2D eigenvalue weighted by Gasteiger charge is -2.08. The lowest BCUT2D eigenvalue weighted by molar-refractivity contribution is -0.135. The van der Waals surface area contributed by atoms with E-state index < -0.39 is 12.6 Å². The average Bonchev–Trinajstić information content (AvgIpc) is 2.58. The summed E-state index contributed by atoms with van der Waals surface area (Å²) < 4.78 is 37.3. The topological polar surface area (TPSA) is 43.8 Å². The number of nitrogens with two attached hydrogens (primary N) is 1. The SMILES string of the molecule is NCc1cncn1CCCCC(F)(F)F. The maximum Gasteiger partial charge on any atom is 0.389 e. The van der Waals surface area contributed by atoms with Gasteiger partial charge in [0.2, 0.25) is 0 Å². The zero-order chi connectivity index (χ0) is 11.3. The van der Waals surface area contributed by atoms with Gasteiger partial charge in [-0.05, 0) is 12.8 Å². The first-order valence-corrected chi connectivity index (χ1v) is 4.79. The fourth-order valence-corrected chi connectivity index (χ4v) is 1.33. The Kier molecular flexibility index (Phi) is 4.14. The summed E-state index contributed by atoms with van der Waals surface area (Å²) in [5.41, 5.74) is 6.28. The van der Waals surface area contributed by atoms with E-state index >= 15 is 0 Å². The number of hydrogen-bond acceptors (Lipinski definition) is 2. The van der Waals surface area contributed by atoms with Gasteiger partial charge in [0, 0.05) is 25.7 Å². The van der Waals surface area contributed by atoms with Crippen LogP contribution in [-0.4, -0.2) is 15.7 Å². The quantitative estimate of drug-likeness (QED) is 0.773. The van der Waals surface area contributed by atoms with Gasteiger partial charge in [-0.1, -0.05) is 0 Å². The number of unbranched alkanes of at least 4 members (excludes halogenated alkanes) is 1. The monoisotopic (exact) mass is 221 g/mol. The molecule has 1 heterocycles. The molecule has 0 saturated carbocycles. The van der Waals surface area contributed by atoms with Crippen molar-refractivity contribution >= 4 is 0 Å². The predicted molar refractivity (Wildman–Crippen MR) is 50.0 cm³/mol. The highest BCUT2D eigenvalue weighted by molar-refractivity contribution is 4.96. The van der Waals surface area contributed by atoms with Crippen LogP contribution >= 0.6 is 0 Å². The minimum absolute atomic E-state index is 0.145. The molecule has 1 rings (SSSR count). The van der Waals surface area contributed by atoms with Gasteiger partial charge in [0.15, 0.2) is 0 Å². The van der Waals surface area contributed by atoms with Crippen LogP contribution in [-0.2, 0) is 13.1 Å². The van der Waals surface area contributed by atoms with Crippen LogP contribution in [0.25, 0.3) is 0 Å². The molecule has 1 aromatic heterocycles. The molecule has 0 aliphatic carbocycles. The lowest BCUT2D eigenvalue weighted by atomic mass is 10.2. The van der Waals surface area contributed by atoms with Crippen LogP contribution in [0, 0.1) is 0 Å². The predicted octanol–water partition coefficient (Wildman–Crippen LogP) is 2.07. The van der Waals surface area contributed by atoms with Crippen molar-refractivity contribution in [2.75, 3.05) is 0 Å². The van der Waals surface area contributed by atoms with Crippen molar-refractivity contribution in [3.8, 4) is 0 Å². The number of aryl methyl sites for hydroxylation is 1. The zero-order valence-electron chi connectivity index (χ0n) is 8.30. The molecule has 0 saturated heterocycles. The first-order chi connectivity index (χ1) is 7.03. The van der Waals surface area contributed by atoms with Gasteiger partial charge < -0.3 is 10.3 Å². The largest absolute Gasteiger partial charge is 0.389 e. The number of aromatic nitrogens is 2. The van der Waals surface area contributed by atoms with E-state index in [1.807, 2.05) is 0 Å². The highest BCUT2D eigenvalue weighted by Gasteiger charge is 2.25. The van der Waals surface area contributed by atoms with Crippen LogP contribution in [0.5, 0.6) is 0 Å². The molecular weight excluding hydrogens is 207 g/mol. The molecule has 3 nitrogen and oxygen atoms in total. The van der Waals surface area contributed by atoms with Gasteiger partial charge >= 0.3 is 6.18 Å². The van der Waals surface area contributed by atoms with Crippen molar-refractivity contribution in [2.45, 2.75) is 38.5 Å². The van der Waals surface area contributed by atoms with E-state index in [9.17, 15) is 13.2 Å². The third-order valence-corrected chi connectivity index (χ3v) is 2.12. The molecular formula is C9H14F3N3. The lowest BCUT2D eigenvalue weighted by Crippen LogP contribution is -2.09. The van der Waals surface area contributed by atoms with Gasteiger partial charge in [0.25, 0.3) is 0 Å². The van der Waals surface area contributed by atoms with Crippen molar-refractivity contribution < 1.29 is 13.2 Å². The van der Waals surface area contributed by atoms with Crippen molar-refractivity contribution in [1.82, 2.24) is 9.55 Å². The molecule has 0 aliphatic heterocycles. The molecule has 0 aliphatic rings. The standard InChI is InChI=1S/C9H14F3N3/c10-9(11,12)3-1-2-4-15-7-14-6-8(15)5-13/h6-7H,1-5,13H2. The highest BCUT2D eigenvalue weighted by Crippen LogP contribution is 2.22. The second kappa shape index (κ2) is 5.16. The van der Waals surface area contributed by atoms with E-state index in [4.69, 9.17) is 5.73 Å². The van der Waals surface area contributed by atoms with Crippen LogP contribution in [0.3, 0.4) is 0 Å². The van der Waals surface area contributed by atoms with Crippen molar-refractivity contribution in [2.24, 2.45) is 5.73 Å². The second-order valence-corrected chi connectivity index (χ2v) is 3.35. The van der Waals surface area contributed by atoms with Gasteiger partial charge in [0.05, 0.1) is 12.0 Å². The number of rotatable bonds is 5. The molecule has 0 aromatic carbocycles. The summed E-state index contributed by atoms with van der Waals surface area (Å²) in [6.07, 6.45) is -0.917. The van der Waals surface area contributed by atoms with E-state index in [1.54, 1.807) is 17.1 Å². The Morgan fingerprint density at radius 2 is 2.07 bits per heavy atom. The minimum Gasteiger partial charge on any atom is -0.333 e. The summed E-state index contributed by atoms with van der Waals surface area (Å²) in [5, 5.41) is 0. The van der Waals surface area contributed by atoms with Gasteiger partial charge in [0.1, 0.15) is 0 Å². The number of alkyl halides is 3. The fourth-order valence-electron chi connectivity index (χ4n) is 1.33. The van der Waals surface area contributed by atoms with Crippen LogP contribution in [0.1, 0.15) is 25.0 Å². The molecule has 15 heavy (non-hydrogen) atoms. The first kappa shape index (κ1) is 12.0. The van der Waals surface area contributed by atoms with Crippen LogP contribution in [0.2, 0.25) is 0 Å². The van der Waals surface area contributed by atoms with Crippen molar-refractivity contribution in [3.63, 3.8) is 0 Å². The molecule has 2 N–H and O–H groups in total. The zero-order valence-corrected chi connectivity index (χ0v) is 8.30. The maximum absolute atomic E-state index is 11.8. The van der Waals surface area contributed by atoms with Gasteiger partial charge in [-0.25, -0.2) is 4.98 Å². The summed E-state index contributed by atoms with van der Waals surface area (Å²) in [6.45, 7) is 0.905. The minimum atomic E-state index is -4.05. The summed E-state index contributed by atoms with van der Waals surface area (Å²) in [6, 6.07) is 0. The number of imidazole rings is 1. The Balaban J connectivity index is 2.26. The Bertz CT molecular complexity index is 293. The Hall–Kier alpha value is -1.04. The fraction of sp³-hybridized carbons (Fsp3) is 0.667. The van der Waals surface area contributed by atoms with Crippen LogP contribution < -0.4 is 5.73 Å². The summed E-state index contributed by atoms with van der Waals surface area (Å²) in [5.74, 6) is 0. The summed E-state index contributed by atoms with van der Waals surface area (Å²) >= 11 is 0. The molecule has 0 spiro atoms. The van der Waals surface area contributed by atoms with Crippen LogP contribution in [0.15, 0.2) is 12.5 Å². The second-order valence-electron chi connectivity index (χ2n) is 3.35. The van der Waals surface area contributed by atoms with Gasteiger partial charge in [-0.15, -0.1) is 0 Å². The molecule has 0 bridgehead atoms. The molecule has 86 valence electrons. The number of hydrogen-bond donors (Lipinski definition) is 1. The molecule has 0 radical (unpaired) electrons. The van der Waals surface area contributed by atoms with Crippen LogP contribution in [0.4, 0.5) is 13.2 Å². The molecule has 0 fully saturated rings. The van der Waals surface area contributed by atoms with E-state index in [2.05, 4.69) is 4.98 Å². The third kappa shape index (κ3) is 4.33. The third-order valence-electron chi connectivity index (χ3n) is 2.12. The number of halogens is 3. The number of nitrogens with zero attached hydrogens (tertiary/aromatic N) is 2. The summed E-state index contributed by atoms with van der Waals surface area (Å²) in [4.78, 5) is 3.88. The Morgan fingerprint density at radius 3 is 2.67 bits per heavy atom. The van der Waals surface area contributed by atoms with Crippen molar-refractivity contribution in [1.29, 1.82) is 0 Å². The van der Waals surface area contributed by atoms with Gasteiger partial charge in [-0.3, -0.25) is 0 Å². The van der Waals surface area contributed by atoms with E-state index in [0.717, 1.165) is 5.69 Å². The first-order valence-electron chi connectivity index (χ1n) is 4.79. The molecule has 0 amide bonds. The van der Waals surface area contributed by atoms with E-state index in [1.165, 1.54) is 0 Å². The highest BCUT2D eigenvalue weighted by atomic mass is 19.4. The van der Waals surface area contributed by atoms with E-state index in [0.29, 0.717) is 19.5 Å². The van der Waals surface area contributed by atoms with E-state index in [-0.39, 0.29) is 6.42 Å². The van der Waals surface area contributed by atoms with Gasteiger partial charge in [-0.2, -0.15) is 13.2 Å². The molecule has 6 heteroatoms. The molecule has 1 aromatic rings. The molecule has 0 unspecified atom stereocenters. The maximum atomic E-state index is 11.8. The Labute approximate surface area is 86.1 Å². The normalized spacial score (nSPS) is 12.0. The van der Waals surface area contributed by atoms with Crippen molar-refractivity contribution in [3.05, 3.63) is 18.2 Å². The smallest absolute Gasteiger partial charge is 0.333 e. The molecule has 0 atom stereocenters. The average molecular weight is 221 g/mol. The Morgan fingerprint density at radius 1 is 1.33 bits per heavy atom.